The average molecular weight is 394 g/mol. The summed E-state index contributed by atoms with van der Waals surface area (Å²) in [5.41, 5.74) is 7.40. The number of hydrogen-bond acceptors (Lipinski definition) is 4. The van der Waals surface area contributed by atoms with Gasteiger partial charge in [-0.3, -0.25) is 15.1 Å². The Morgan fingerprint density at radius 3 is 2.63 bits per heavy atom. The molecule has 0 saturated carbocycles. The largest absolute Gasteiger partial charge is 0.353 e. The monoisotopic (exact) mass is 394 g/mol. The van der Waals surface area contributed by atoms with Gasteiger partial charge in [-0.05, 0) is 73.8 Å². The number of aromatic nitrogens is 5. The van der Waals surface area contributed by atoms with E-state index in [2.05, 4.69) is 54.7 Å². The van der Waals surface area contributed by atoms with Gasteiger partial charge in [-0.25, -0.2) is 0 Å². The third-order valence-corrected chi connectivity index (χ3v) is 6.14. The highest BCUT2D eigenvalue weighted by atomic mass is 15.1. The quantitative estimate of drug-likeness (QED) is 0.416. The van der Waals surface area contributed by atoms with Crippen molar-refractivity contribution in [2.24, 2.45) is 0 Å². The van der Waals surface area contributed by atoms with E-state index < -0.39 is 0 Å². The molecule has 5 aromatic rings. The molecular formula is C24H22N6. The number of rotatable bonds is 3. The molecule has 6 heteroatoms. The van der Waals surface area contributed by atoms with Crippen molar-refractivity contribution in [3.05, 3.63) is 66.6 Å². The fraction of sp³-hybridized carbons (Fsp3) is 0.208. The Labute approximate surface area is 173 Å². The summed E-state index contributed by atoms with van der Waals surface area (Å²) in [7, 11) is 0. The van der Waals surface area contributed by atoms with Crippen LogP contribution in [0.1, 0.15) is 24.3 Å². The van der Waals surface area contributed by atoms with Gasteiger partial charge in [-0.1, -0.05) is 6.07 Å². The second-order valence-electron chi connectivity index (χ2n) is 7.95. The maximum absolute atomic E-state index is 4.65. The maximum Gasteiger partial charge on any atom is 0.116 e. The van der Waals surface area contributed by atoms with Gasteiger partial charge in [-0.2, -0.15) is 5.10 Å². The van der Waals surface area contributed by atoms with E-state index in [0.717, 1.165) is 57.5 Å². The molecule has 0 bridgehead atoms. The lowest BCUT2D eigenvalue weighted by Gasteiger charge is -2.23. The third kappa shape index (κ3) is 2.88. The minimum Gasteiger partial charge on any atom is -0.353 e. The predicted octanol–water partition coefficient (Wildman–Crippen LogP) is 4.64. The van der Waals surface area contributed by atoms with Crippen LogP contribution in [0.3, 0.4) is 0 Å². The molecule has 0 atom stereocenters. The highest BCUT2D eigenvalue weighted by Crippen LogP contribution is 2.34. The van der Waals surface area contributed by atoms with E-state index in [1.54, 1.807) is 6.20 Å². The van der Waals surface area contributed by atoms with E-state index >= 15 is 0 Å². The Morgan fingerprint density at radius 2 is 1.77 bits per heavy atom. The van der Waals surface area contributed by atoms with Crippen LogP contribution in [0, 0.1) is 0 Å². The van der Waals surface area contributed by atoms with Crippen LogP contribution in [0.2, 0.25) is 0 Å². The van der Waals surface area contributed by atoms with E-state index in [-0.39, 0.29) is 0 Å². The minimum absolute atomic E-state index is 0.613. The summed E-state index contributed by atoms with van der Waals surface area (Å²) >= 11 is 0. The standard InChI is InChI=1S/C24H22N6/c1-2-17(14-26-8-1)23-19-13-22(28-20(19)7-11-27-23)24-18-12-16(3-4-21(18)29-30-24)15-5-9-25-10-6-15/h1-4,7-8,11-15,25,28H,5-6,9-10H2,(H,29,30). The van der Waals surface area contributed by atoms with Crippen LogP contribution < -0.4 is 5.32 Å². The summed E-state index contributed by atoms with van der Waals surface area (Å²) in [5, 5.41) is 13.5. The lowest BCUT2D eigenvalue weighted by Crippen LogP contribution is -2.26. The van der Waals surface area contributed by atoms with E-state index in [1.165, 1.54) is 18.4 Å². The highest BCUT2D eigenvalue weighted by molar-refractivity contribution is 5.99. The molecule has 1 fully saturated rings. The molecule has 1 saturated heterocycles. The Hall–Kier alpha value is -3.51. The van der Waals surface area contributed by atoms with Gasteiger partial charge in [0.2, 0.25) is 0 Å². The number of pyridine rings is 2. The van der Waals surface area contributed by atoms with E-state index in [0.29, 0.717) is 5.92 Å². The maximum atomic E-state index is 4.65. The summed E-state index contributed by atoms with van der Waals surface area (Å²) in [6.45, 7) is 2.18. The van der Waals surface area contributed by atoms with Gasteiger partial charge in [0.25, 0.3) is 0 Å². The molecule has 6 nitrogen and oxygen atoms in total. The van der Waals surface area contributed by atoms with Crippen molar-refractivity contribution in [2.45, 2.75) is 18.8 Å². The van der Waals surface area contributed by atoms with Crippen LogP contribution >= 0.6 is 0 Å². The highest BCUT2D eigenvalue weighted by Gasteiger charge is 2.18. The van der Waals surface area contributed by atoms with Gasteiger partial charge in [0.05, 0.1) is 16.9 Å². The third-order valence-electron chi connectivity index (χ3n) is 6.14. The first-order chi connectivity index (χ1) is 14.9. The van der Waals surface area contributed by atoms with Crippen LogP contribution in [0.25, 0.3) is 44.5 Å². The number of benzene rings is 1. The molecule has 30 heavy (non-hydrogen) atoms. The Morgan fingerprint density at radius 1 is 0.867 bits per heavy atom. The molecular weight excluding hydrogens is 372 g/mol. The lowest BCUT2D eigenvalue weighted by atomic mass is 9.89. The first kappa shape index (κ1) is 17.4. The van der Waals surface area contributed by atoms with E-state index in [1.807, 2.05) is 30.6 Å². The zero-order valence-electron chi connectivity index (χ0n) is 16.5. The van der Waals surface area contributed by atoms with Crippen molar-refractivity contribution in [1.82, 2.24) is 30.5 Å². The fourth-order valence-electron chi connectivity index (χ4n) is 4.56. The molecule has 5 heterocycles. The molecule has 6 rings (SSSR count). The SMILES string of the molecule is c1cncc(-c2nccc3[nH]c(-c4n[nH]c5ccc(C6CCNCC6)cc45)cc23)c1. The first-order valence-corrected chi connectivity index (χ1v) is 10.4. The zero-order valence-corrected chi connectivity index (χ0v) is 16.5. The second-order valence-corrected chi connectivity index (χ2v) is 7.95. The molecule has 0 aliphatic carbocycles. The number of piperidine rings is 1. The molecule has 1 aliphatic heterocycles. The van der Waals surface area contributed by atoms with Crippen LogP contribution in [-0.4, -0.2) is 38.2 Å². The van der Waals surface area contributed by atoms with Crippen molar-refractivity contribution in [3.8, 4) is 22.6 Å². The molecule has 0 unspecified atom stereocenters. The normalized spacial score (nSPS) is 15.2. The van der Waals surface area contributed by atoms with Gasteiger partial charge in [0.15, 0.2) is 0 Å². The Bertz CT molecular complexity index is 1330. The summed E-state index contributed by atoms with van der Waals surface area (Å²) in [5.74, 6) is 0.613. The Balaban J connectivity index is 1.47. The van der Waals surface area contributed by atoms with E-state index in [9.17, 15) is 0 Å². The number of fused-ring (bicyclic) bond motifs is 2. The molecule has 148 valence electrons. The summed E-state index contributed by atoms with van der Waals surface area (Å²) in [6.07, 6.45) is 7.84. The molecule has 0 spiro atoms. The molecule has 4 aromatic heterocycles. The van der Waals surface area contributed by atoms with Gasteiger partial charge in [-0.15, -0.1) is 0 Å². The lowest BCUT2D eigenvalue weighted by molar-refractivity contribution is 0.460. The molecule has 0 radical (unpaired) electrons. The molecule has 3 N–H and O–H groups in total. The summed E-state index contributed by atoms with van der Waals surface area (Å²) in [4.78, 5) is 12.4. The van der Waals surface area contributed by atoms with Crippen LogP contribution in [0.15, 0.2) is 61.1 Å². The van der Waals surface area contributed by atoms with Crippen molar-refractivity contribution in [1.29, 1.82) is 0 Å². The van der Waals surface area contributed by atoms with Gasteiger partial charge < -0.3 is 10.3 Å². The van der Waals surface area contributed by atoms with Crippen molar-refractivity contribution in [2.75, 3.05) is 13.1 Å². The fourth-order valence-corrected chi connectivity index (χ4v) is 4.56. The van der Waals surface area contributed by atoms with E-state index in [4.69, 9.17) is 0 Å². The average Bonchev–Trinajstić information content (AvgIpc) is 3.43. The van der Waals surface area contributed by atoms with Crippen LogP contribution in [0.5, 0.6) is 0 Å². The number of nitrogens with one attached hydrogen (secondary N) is 3. The summed E-state index contributed by atoms with van der Waals surface area (Å²) in [6, 6.07) is 14.9. The number of hydrogen-bond donors (Lipinski definition) is 3. The molecule has 1 aromatic carbocycles. The number of nitrogens with zero attached hydrogens (tertiary/aromatic N) is 3. The number of aromatic amines is 2. The second kappa shape index (κ2) is 7.07. The van der Waals surface area contributed by atoms with Crippen molar-refractivity contribution in [3.63, 3.8) is 0 Å². The van der Waals surface area contributed by atoms with Crippen LogP contribution in [0.4, 0.5) is 0 Å². The van der Waals surface area contributed by atoms with Gasteiger partial charge >= 0.3 is 0 Å². The summed E-state index contributed by atoms with van der Waals surface area (Å²) < 4.78 is 0. The van der Waals surface area contributed by atoms with Gasteiger partial charge in [0, 0.05) is 40.4 Å². The zero-order chi connectivity index (χ0) is 19.9. The minimum atomic E-state index is 0.613. The molecule has 1 aliphatic rings. The van der Waals surface area contributed by atoms with Crippen molar-refractivity contribution >= 4 is 21.8 Å². The van der Waals surface area contributed by atoms with Gasteiger partial charge in [0.1, 0.15) is 5.69 Å². The predicted molar refractivity (Wildman–Crippen MR) is 119 cm³/mol. The smallest absolute Gasteiger partial charge is 0.116 e. The topological polar surface area (TPSA) is 82.3 Å². The Kier molecular flexibility index (Phi) is 4.09. The van der Waals surface area contributed by atoms with Crippen molar-refractivity contribution < 1.29 is 0 Å². The first-order valence-electron chi connectivity index (χ1n) is 10.4. The van der Waals surface area contributed by atoms with Crippen LogP contribution in [-0.2, 0) is 0 Å². The number of H-pyrrole nitrogens is 2. The molecule has 0 amide bonds.